The van der Waals surface area contributed by atoms with E-state index in [1.807, 2.05) is 0 Å². The smallest absolute Gasteiger partial charge is 0.156 e. The molecular weight excluding hydrogens is 223 g/mol. The molecule has 0 aliphatic rings. The third-order valence-electron chi connectivity index (χ3n) is 0. The Hall–Kier alpha value is 0.879. The Morgan fingerprint density at radius 3 is 1.17 bits per heavy atom. The summed E-state index contributed by atoms with van der Waals surface area (Å²) in [7, 11) is 0. The van der Waals surface area contributed by atoms with Crippen LogP contribution in [0.2, 0.25) is 0 Å². The van der Waals surface area contributed by atoms with E-state index in [0.29, 0.717) is 0 Å². The predicted octanol–water partition coefficient (Wildman–Crippen LogP) is 1.36. The summed E-state index contributed by atoms with van der Waals surface area (Å²) >= 11 is 3.53. The van der Waals surface area contributed by atoms with Crippen LogP contribution in [0.4, 0.5) is 13.2 Å². The standard InChI is InChI=1S/CClF3.Sn/c2-1(3,4)5;. The van der Waals surface area contributed by atoms with Crippen molar-refractivity contribution in [3.8, 4) is 0 Å². The third kappa shape index (κ3) is 95.1. The Kier molecular flexibility index (Phi) is 4.92. The van der Waals surface area contributed by atoms with Crippen molar-refractivity contribution in [2.45, 2.75) is 5.64 Å². The van der Waals surface area contributed by atoms with Gasteiger partial charge in [0.2, 0.25) is 0 Å². The fourth-order valence-electron chi connectivity index (χ4n) is 0. The van der Waals surface area contributed by atoms with Crippen LogP contribution in [0.1, 0.15) is 0 Å². The van der Waals surface area contributed by atoms with Gasteiger partial charge in [-0.15, -0.1) is 0 Å². The Morgan fingerprint density at radius 2 is 1.17 bits per heavy atom. The largest absolute Gasteiger partial charge is 0.475 e. The van der Waals surface area contributed by atoms with E-state index in [4.69, 9.17) is 0 Å². The summed E-state index contributed by atoms with van der Waals surface area (Å²) in [5.41, 5.74) is -4.53. The molecule has 0 fully saturated rings. The van der Waals surface area contributed by atoms with Gasteiger partial charge in [-0.1, -0.05) is 0 Å². The van der Waals surface area contributed by atoms with E-state index in [9.17, 15) is 13.2 Å². The van der Waals surface area contributed by atoms with Gasteiger partial charge in [-0.3, -0.25) is 0 Å². The first-order chi connectivity index (χ1) is 2.00. The Morgan fingerprint density at radius 1 is 1.17 bits per heavy atom. The van der Waals surface area contributed by atoms with Crippen LogP contribution >= 0.6 is 11.6 Å². The molecule has 0 bridgehead atoms. The summed E-state index contributed by atoms with van der Waals surface area (Å²) in [6, 6.07) is 0. The molecule has 0 aliphatic carbocycles. The number of hydrogen-bond donors (Lipinski definition) is 0. The van der Waals surface area contributed by atoms with Gasteiger partial charge in [-0.05, 0) is 11.6 Å². The van der Waals surface area contributed by atoms with Gasteiger partial charge in [0.1, 0.15) is 0 Å². The first-order valence-corrected chi connectivity index (χ1v) is 1.13. The van der Waals surface area contributed by atoms with Crippen LogP contribution < -0.4 is 0 Å². The predicted molar refractivity (Wildman–Crippen MR) is 17.7 cm³/mol. The quantitative estimate of drug-likeness (QED) is 0.429. The summed E-state index contributed by atoms with van der Waals surface area (Å²) in [6.07, 6.45) is 0. The van der Waals surface area contributed by atoms with Gasteiger partial charge in [-0.25, -0.2) is 0 Å². The van der Waals surface area contributed by atoms with Crippen molar-refractivity contribution in [3.63, 3.8) is 0 Å². The second-order valence-corrected chi connectivity index (χ2v) is 0.857. The Balaban J connectivity index is 0. The van der Waals surface area contributed by atoms with Gasteiger partial charge in [0.15, 0.2) is 0 Å². The maximum Gasteiger partial charge on any atom is 0.475 e. The normalized spacial score (nSPS) is 10.0. The molecule has 0 heterocycles. The van der Waals surface area contributed by atoms with Crippen LogP contribution in [0.3, 0.4) is 0 Å². The molecule has 5 heteroatoms. The van der Waals surface area contributed by atoms with Crippen molar-refractivity contribution in [1.29, 1.82) is 0 Å². The molecule has 0 saturated heterocycles. The van der Waals surface area contributed by atoms with E-state index < -0.39 is 5.64 Å². The van der Waals surface area contributed by atoms with Gasteiger partial charge >= 0.3 is 5.64 Å². The van der Waals surface area contributed by atoms with Crippen molar-refractivity contribution < 1.29 is 13.2 Å². The van der Waals surface area contributed by atoms with Crippen LogP contribution in [0.15, 0.2) is 0 Å². The third-order valence-corrected chi connectivity index (χ3v) is 0. The average Bonchev–Trinajstić information content (AvgIpc) is 0.722. The molecule has 0 saturated carbocycles. The maximum absolute atomic E-state index is 10.1. The summed E-state index contributed by atoms with van der Waals surface area (Å²) in [5.74, 6) is 0. The molecule has 0 spiro atoms. The minimum atomic E-state index is -4.53. The Labute approximate surface area is 54.6 Å². The van der Waals surface area contributed by atoms with Crippen LogP contribution in [0.25, 0.3) is 0 Å². The molecule has 0 aliphatic heterocycles. The van der Waals surface area contributed by atoms with Gasteiger partial charge < -0.3 is 0 Å². The van der Waals surface area contributed by atoms with E-state index in [-0.39, 0.29) is 23.9 Å². The minimum absolute atomic E-state index is 0. The Bertz CT molecular complexity index is 26.3. The van der Waals surface area contributed by atoms with Crippen molar-refractivity contribution >= 4 is 35.5 Å². The number of alkyl halides is 4. The summed E-state index contributed by atoms with van der Waals surface area (Å²) in [4.78, 5) is 0. The topological polar surface area (TPSA) is 0 Å². The zero-order valence-corrected chi connectivity index (χ0v) is 6.12. The van der Waals surface area contributed by atoms with Crippen molar-refractivity contribution in [2.75, 3.05) is 0 Å². The molecule has 0 aromatic carbocycles. The zero-order chi connectivity index (χ0) is 4.50. The molecule has 4 radical (unpaired) electrons. The number of rotatable bonds is 0. The van der Waals surface area contributed by atoms with E-state index in [1.165, 1.54) is 0 Å². The molecule has 0 atom stereocenters. The van der Waals surface area contributed by atoms with Crippen molar-refractivity contribution in [3.05, 3.63) is 0 Å². The fourth-order valence-corrected chi connectivity index (χ4v) is 0. The second kappa shape index (κ2) is 2.96. The molecule has 0 unspecified atom stereocenters. The van der Waals surface area contributed by atoms with Crippen molar-refractivity contribution in [2.24, 2.45) is 0 Å². The SMILES string of the molecule is FC(F)(F)Cl.[Sn]. The second-order valence-electron chi connectivity index (χ2n) is 0.429. The van der Waals surface area contributed by atoms with Crippen LogP contribution in [0, 0.1) is 0 Å². The van der Waals surface area contributed by atoms with Crippen LogP contribution in [-0.2, 0) is 0 Å². The van der Waals surface area contributed by atoms with E-state index in [1.54, 1.807) is 0 Å². The fraction of sp³-hybridized carbons (Fsp3) is 1.00. The van der Waals surface area contributed by atoms with E-state index >= 15 is 0 Å². The molecule has 6 heavy (non-hydrogen) atoms. The molecule has 0 aromatic rings. The summed E-state index contributed by atoms with van der Waals surface area (Å²) < 4.78 is 30.4. The number of hydrogen-bond acceptors (Lipinski definition) is 0. The zero-order valence-electron chi connectivity index (χ0n) is 2.51. The maximum atomic E-state index is 10.1. The molecule has 0 aromatic heterocycles. The molecule has 36 valence electrons. The molecule has 0 rings (SSSR count). The van der Waals surface area contributed by atoms with E-state index in [0.717, 1.165) is 0 Å². The molecule has 0 N–H and O–H groups in total. The van der Waals surface area contributed by atoms with Gasteiger partial charge in [0, 0.05) is 23.9 Å². The van der Waals surface area contributed by atoms with Gasteiger partial charge in [0.25, 0.3) is 0 Å². The van der Waals surface area contributed by atoms with Crippen LogP contribution in [-0.4, -0.2) is 29.5 Å². The molecule has 0 nitrogen and oxygen atoms in total. The van der Waals surface area contributed by atoms with Crippen molar-refractivity contribution in [1.82, 2.24) is 0 Å². The average molecular weight is 223 g/mol. The summed E-state index contributed by atoms with van der Waals surface area (Å²) in [5, 5.41) is 0. The first kappa shape index (κ1) is 9.99. The molecule has 0 amide bonds. The van der Waals surface area contributed by atoms with E-state index in [2.05, 4.69) is 11.6 Å². The van der Waals surface area contributed by atoms with Crippen LogP contribution in [0.5, 0.6) is 0 Å². The van der Waals surface area contributed by atoms with Gasteiger partial charge in [-0.2, -0.15) is 13.2 Å². The molecular formula is CClF3Sn. The monoisotopic (exact) mass is 224 g/mol. The summed E-state index contributed by atoms with van der Waals surface area (Å²) in [6.45, 7) is 0. The first-order valence-electron chi connectivity index (χ1n) is 0.756. The van der Waals surface area contributed by atoms with Gasteiger partial charge in [0.05, 0.1) is 0 Å². The minimum Gasteiger partial charge on any atom is -0.156 e. The number of halogens is 4.